The third kappa shape index (κ3) is 5.86. The predicted molar refractivity (Wildman–Crippen MR) is 124 cm³/mol. The highest BCUT2D eigenvalue weighted by Gasteiger charge is 2.22. The number of hydrogen-bond donors (Lipinski definition) is 3. The van der Waals surface area contributed by atoms with Gasteiger partial charge < -0.3 is 20.7 Å². The molecule has 0 bridgehead atoms. The van der Waals surface area contributed by atoms with Crippen molar-refractivity contribution in [2.75, 3.05) is 43.5 Å². The summed E-state index contributed by atoms with van der Waals surface area (Å²) >= 11 is 12.8. The number of halogens is 2. The van der Waals surface area contributed by atoms with Crippen LogP contribution >= 0.6 is 23.2 Å². The van der Waals surface area contributed by atoms with E-state index in [0.717, 1.165) is 52.0 Å². The number of anilines is 2. The first kappa shape index (κ1) is 22.3. The van der Waals surface area contributed by atoms with Crippen LogP contribution in [0.3, 0.4) is 0 Å². The SMILES string of the molecule is O=C(Nc1cc(-c2ccc(Cl)c(NCC3CCOCC3)n2)c(Cl)cn1)C1CCCNC1. The first-order valence-electron chi connectivity index (χ1n) is 10.8. The van der Waals surface area contributed by atoms with E-state index in [-0.39, 0.29) is 11.8 Å². The van der Waals surface area contributed by atoms with E-state index in [0.29, 0.717) is 45.4 Å². The number of carbonyl (C=O) groups excluding carboxylic acids is 1. The van der Waals surface area contributed by atoms with Crippen LogP contribution in [0, 0.1) is 11.8 Å². The van der Waals surface area contributed by atoms with Crippen molar-refractivity contribution in [2.45, 2.75) is 25.7 Å². The lowest BCUT2D eigenvalue weighted by Gasteiger charge is -2.23. The summed E-state index contributed by atoms with van der Waals surface area (Å²) in [5.41, 5.74) is 1.36. The van der Waals surface area contributed by atoms with Gasteiger partial charge >= 0.3 is 0 Å². The van der Waals surface area contributed by atoms with Gasteiger partial charge in [-0.2, -0.15) is 0 Å². The Morgan fingerprint density at radius 2 is 2.03 bits per heavy atom. The first-order valence-corrected chi connectivity index (χ1v) is 11.5. The van der Waals surface area contributed by atoms with Gasteiger partial charge in [-0.25, -0.2) is 9.97 Å². The van der Waals surface area contributed by atoms with Gasteiger partial charge in [-0.05, 0) is 56.3 Å². The maximum Gasteiger partial charge on any atom is 0.229 e. The van der Waals surface area contributed by atoms with Gasteiger partial charge in [0.05, 0.1) is 21.7 Å². The molecule has 1 unspecified atom stereocenters. The average Bonchev–Trinajstić information content (AvgIpc) is 2.81. The quantitative estimate of drug-likeness (QED) is 0.593. The van der Waals surface area contributed by atoms with Gasteiger partial charge in [0.2, 0.25) is 5.91 Å². The molecule has 0 radical (unpaired) electrons. The van der Waals surface area contributed by atoms with E-state index in [1.807, 2.05) is 6.07 Å². The maximum absolute atomic E-state index is 12.6. The van der Waals surface area contributed by atoms with E-state index in [1.54, 1.807) is 12.1 Å². The molecule has 2 aromatic rings. The second-order valence-corrected chi connectivity index (χ2v) is 8.86. The van der Waals surface area contributed by atoms with Gasteiger partial charge in [0, 0.05) is 38.1 Å². The highest BCUT2D eigenvalue weighted by Crippen LogP contribution is 2.31. The van der Waals surface area contributed by atoms with Crippen molar-refractivity contribution in [1.29, 1.82) is 0 Å². The van der Waals surface area contributed by atoms with Crippen molar-refractivity contribution in [2.24, 2.45) is 11.8 Å². The lowest BCUT2D eigenvalue weighted by Crippen LogP contribution is -2.37. The molecular formula is C22H27Cl2N5O2. The molecule has 4 rings (SSSR count). The fraction of sp³-hybridized carbons (Fsp3) is 0.500. The number of aromatic nitrogens is 2. The topological polar surface area (TPSA) is 88.2 Å². The molecule has 3 N–H and O–H groups in total. The second-order valence-electron chi connectivity index (χ2n) is 8.05. The average molecular weight is 464 g/mol. The Balaban J connectivity index is 1.48. The normalized spacial score (nSPS) is 19.7. The van der Waals surface area contributed by atoms with Crippen LogP contribution in [0.2, 0.25) is 10.0 Å². The summed E-state index contributed by atoms with van der Waals surface area (Å²) in [6.07, 6.45) is 5.47. The molecular weight excluding hydrogens is 437 g/mol. The minimum Gasteiger partial charge on any atom is -0.381 e. The van der Waals surface area contributed by atoms with Crippen LogP contribution in [0.4, 0.5) is 11.6 Å². The number of piperidine rings is 1. The fourth-order valence-corrected chi connectivity index (χ4v) is 4.29. The minimum atomic E-state index is -0.0516. The summed E-state index contributed by atoms with van der Waals surface area (Å²) in [5.74, 6) is 1.54. The summed E-state index contributed by atoms with van der Waals surface area (Å²) in [4.78, 5) is 21.5. The summed E-state index contributed by atoms with van der Waals surface area (Å²) in [7, 11) is 0. The van der Waals surface area contributed by atoms with Gasteiger partial charge in [0.15, 0.2) is 0 Å². The van der Waals surface area contributed by atoms with Crippen LogP contribution in [0.5, 0.6) is 0 Å². The van der Waals surface area contributed by atoms with Gasteiger partial charge in [0.25, 0.3) is 0 Å². The number of pyridine rings is 2. The summed E-state index contributed by atoms with van der Waals surface area (Å²) in [6.45, 7) is 4.03. The third-order valence-electron chi connectivity index (χ3n) is 5.80. The molecule has 166 valence electrons. The van der Waals surface area contributed by atoms with Crippen LogP contribution in [0.25, 0.3) is 11.3 Å². The van der Waals surface area contributed by atoms with Crippen LogP contribution in [0.15, 0.2) is 24.4 Å². The molecule has 2 aromatic heterocycles. The van der Waals surface area contributed by atoms with Crippen molar-refractivity contribution < 1.29 is 9.53 Å². The van der Waals surface area contributed by atoms with Crippen LogP contribution in [-0.2, 0) is 9.53 Å². The van der Waals surface area contributed by atoms with Crippen molar-refractivity contribution >= 4 is 40.7 Å². The number of nitrogens with zero attached hydrogens (tertiary/aromatic N) is 2. The van der Waals surface area contributed by atoms with E-state index >= 15 is 0 Å². The lowest BCUT2D eigenvalue weighted by molar-refractivity contribution is -0.120. The lowest BCUT2D eigenvalue weighted by atomic mass is 9.99. The summed E-state index contributed by atoms with van der Waals surface area (Å²) in [5, 5.41) is 10.6. The van der Waals surface area contributed by atoms with E-state index in [9.17, 15) is 4.79 Å². The Morgan fingerprint density at radius 3 is 2.81 bits per heavy atom. The molecule has 0 aromatic carbocycles. The number of ether oxygens (including phenoxy) is 1. The van der Waals surface area contributed by atoms with Crippen LogP contribution in [0.1, 0.15) is 25.7 Å². The van der Waals surface area contributed by atoms with Crippen molar-refractivity contribution in [3.63, 3.8) is 0 Å². The Bertz CT molecular complexity index is 915. The van der Waals surface area contributed by atoms with Gasteiger partial charge in [-0.1, -0.05) is 23.2 Å². The molecule has 0 aliphatic carbocycles. The van der Waals surface area contributed by atoms with Gasteiger partial charge in [-0.3, -0.25) is 4.79 Å². The zero-order chi connectivity index (χ0) is 21.6. The van der Waals surface area contributed by atoms with E-state index < -0.39 is 0 Å². The summed E-state index contributed by atoms with van der Waals surface area (Å²) in [6, 6.07) is 5.38. The van der Waals surface area contributed by atoms with E-state index in [4.69, 9.17) is 27.9 Å². The molecule has 2 aliphatic rings. The van der Waals surface area contributed by atoms with E-state index in [1.165, 1.54) is 6.20 Å². The minimum absolute atomic E-state index is 0.0316. The molecule has 1 atom stereocenters. The van der Waals surface area contributed by atoms with Crippen LogP contribution in [-0.4, -0.2) is 48.7 Å². The highest BCUT2D eigenvalue weighted by atomic mass is 35.5. The third-order valence-corrected chi connectivity index (χ3v) is 6.40. The molecule has 4 heterocycles. The molecule has 2 aliphatic heterocycles. The van der Waals surface area contributed by atoms with Crippen molar-refractivity contribution in [3.05, 3.63) is 34.4 Å². The first-order chi connectivity index (χ1) is 15.1. The largest absolute Gasteiger partial charge is 0.381 e. The van der Waals surface area contributed by atoms with Crippen molar-refractivity contribution in [1.82, 2.24) is 15.3 Å². The standard InChI is InChI=1S/C22H27Cl2N5O2/c23-17-3-4-19(28-21(17)27-11-14-5-8-31-9-6-14)16-10-20(26-13-18(16)24)29-22(30)15-2-1-7-25-12-15/h3-4,10,13-15,25H,1-2,5-9,11-12H2,(H,27,28)(H,26,29,30). The van der Waals surface area contributed by atoms with Crippen LogP contribution < -0.4 is 16.0 Å². The Labute approximate surface area is 192 Å². The Hall–Kier alpha value is -1.93. The Morgan fingerprint density at radius 1 is 1.19 bits per heavy atom. The molecule has 31 heavy (non-hydrogen) atoms. The maximum atomic E-state index is 12.6. The molecule has 0 spiro atoms. The summed E-state index contributed by atoms with van der Waals surface area (Å²) < 4.78 is 5.42. The van der Waals surface area contributed by atoms with Gasteiger partial charge in [0.1, 0.15) is 11.6 Å². The molecule has 2 saturated heterocycles. The predicted octanol–water partition coefficient (Wildman–Crippen LogP) is 4.23. The van der Waals surface area contributed by atoms with E-state index in [2.05, 4.69) is 25.9 Å². The molecule has 7 nitrogen and oxygen atoms in total. The second kappa shape index (κ2) is 10.6. The number of hydrogen-bond acceptors (Lipinski definition) is 6. The zero-order valence-corrected chi connectivity index (χ0v) is 18.8. The Kier molecular flexibility index (Phi) is 7.61. The molecule has 2 fully saturated rings. The number of carbonyl (C=O) groups is 1. The van der Waals surface area contributed by atoms with Crippen molar-refractivity contribution in [3.8, 4) is 11.3 Å². The molecule has 9 heteroatoms. The van der Waals surface area contributed by atoms with Gasteiger partial charge in [-0.15, -0.1) is 0 Å². The molecule has 0 saturated carbocycles. The zero-order valence-electron chi connectivity index (χ0n) is 17.3. The number of nitrogens with one attached hydrogen (secondary N) is 3. The fourth-order valence-electron chi connectivity index (χ4n) is 3.91. The smallest absolute Gasteiger partial charge is 0.229 e. The monoisotopic (exact) mass is 463 g/mol. The number of amides is 1. The molecule has 1 amide bonds. The number of rotatable bonds is 6. The highest BCUT2D eigenvalue weighted by molar-refractivity contribution is 6.34.